The van der Waals surface area contributed by atoms with E-state index in [1.807, 2.05) is 50.1 Å². The summed E-state index contributed by atoms with van der Waals surface area (Å²) in [5.41, 5.74) is 0. The van der Waals surface area contributed by atoms with E-state index in [1.165, 1.54) is 0 Å². The van der Waals surface area contributed by atoms with E-state index in [4.69, 9.17) is 4.42 Å². The van der Waals surface area contributed by atoms with Crippen LogP contribution in [0.1, 0.15) is 5.76 Å². The van der Waals surface area contributed by atoms with Gasteiger partial charge in [-0.1, -0.05) is 0 Å². The molecular weight excluding hydrogens is 385 g/mol. The molecule has 92 valence electrons. The summed E-state index contributed by atoms with van der Waals surface area (Å²) in [6.45, 7) is 0.553. The molecule has 0 aliphatic rings. The molecule has 0 amide bonds. The van der Waals surface area contributed by atoms with Crippen LogP contribution < -0.4 is 0 Å². The third kappa shape index (κ3) is 4.73. The van der Waals surface area contributed by atoms with Crippen LogP contribution in [0.25, 0.3) is 0 Å². The van der Waals surface area contributed by atoms with Crippen molar-refractivity contribution < 1.29 is 4.42 Å². The van der Waals surface area contributed by atoms with Crippen molar-refractivity contribution in [2.24, 2.45) is 4.99 Å². The summed E-state index contributed by atoms with van der Waals surface area (Å²) in [5.74, 6) is 1.77. The molecule has 0 aromatic carbocycles. The smallest absolute Gasteiger partial charge is 0.195 e. The van der Waals surface area contributed by atoms with Crippen molar-refractivity contribution in [3.05, 3.63) is 22.6 Å². The number of rotatable bonds is 2. The highest BCUT2D eigenvalue weighted by Gasteiger charge is 2.05. The molecule has 1 rings (SSSR count). The molecule has 0 aliphatic heterocycles. The van der Waals surface area contributed by atoms with Crippen LogP contribution >= 0.6 is 39.9 Å². The average Bonchev–Trinajstić information content (AvgIpc) is 2.50. The molecule has 0 radical (unpaired) electrons. The van der Waals surface area contributed by atoms with Gasteiger partial charge in [0.05, 0.1) is 0 Å². The van der Waals surface area contributed by atoms with Crippen LogP contribution in [-0.2, 0) is 6.54 Å². The number of halogens is 2. The average molecular weight is 402 g/mol. The Morgan fingerprint density at radius 1 is 1.25 bits per heavy atom. The lowest BCUT2D eigenvalue weighted by molar-refractivity contribution is 0.464. The molecule has 0 saturated heterocycles. The molecule has 1 heterocycles. The Morgan fingerprint density at radius 2 is 1.81 bits per heavy atom. The van der Waals surface area contributed by atoms with Crippen molar-refractivity contribution in [2.45, 2.75) is 6.54 Å². The standard InChI is InChI=1S/C10H16BrN3O.HI/c1-13(2)10(14(3)4)12-7-8-5-6-9(11)15-8;/h5-6H,7H2,1-4H3;1H. The van der Waals surface area contributed by atoms with Gasteiger partial charge in [0.25, 0.3) is 0 Å². The zero-order valence-electron chi connectivity index (χ0n) is 9.90. The summed E-state index contributed by atoms with van der Waals surface area (Å²) in [6, 6.07) is 3.78. The highest BCUT2D eigenvalue weighted by atomic mass is 127. The molecule has 16 heavy (non-hydrogen) atoms. The number of guanidine groups is 1. The topological polar surface area (TPSA) is 32.0 Å². The third-order valence-electron chi connectivity index (χ3n) is 1.81. The highest BCUT2D eigenvalue weighted by Crippen LogP contribution is 2.14. The molecule has 0 N–H and O–H groups in total. The summed E-state index contributed by atoms with van der Waals surface area (Å²) in [4.78, 5) is 8.40. The van der Waals surface area contributed by atoms with Crippen molar-refractivity contribution in [2.75, 3.05) is 28.2 Å². The van der Waals surface area contributed by atoms with Crippen LogP contribution in [-0.4, -0.2) is 44.0 Å². The van der Waals surface area contributed by atoms with Gasteiger partial charge < -0.3 is 14.2 Å². The van der Waals surface area contributed by atoms with Crippen LogP contribution in [0.2, 0.25) is 0 Å². The second kappa shape index (κ2) is 7.16. The molecule has 0 saturated carbocycles. The fourth-order valence-corrected chi connectivity index (χ4v) is 1.61. The Hall–Kier alpha value is -0.240. The number of nitrogens with zero attached hydrogens (tertiary/aromatic N) is 3. The number of furan rings is 1. The summed E-state index contributed by atoms with van der Waals surface area (Å²) < 4.78 is 6.11. The summed E-state index contributed by atoms with van der Waals surface area (Å²) in [7, 11) is 7.88. The van der Waals surface area contributed by atoms with E-state index in [2.05, 4.69) is 20.9 Å². The first-order valence-corrected chi connectivity index (χ1v) is 5.43. The first kappa shape index (κ1) is 15.8. The molecule has 0 spiro atoms. The van der Waals surface area contributed by atoms with Gasteiger partial charge in [0, 0.05) is 28.2 Å². The fourth-order valence-electron chi connectivity index (χ4n) is 1.27. The molecule has 0 aliphatic carbocycles. The Bertz CT molecular complexity index is 340. The van der Waals surface area contributed by atoms with E-state index >= 15 is 0 Å². The van der Waals surface area contributed by atoms with Crippen molar-refractivity contribution in [3.8, 4) is 0 Å². The molecule has 0 unspecified atom stereocenters. The lowest BCUT2D eigenvalue weighted by atomic mass is 10.4. The molecule has 0 fully saturated rings. The van der Waals surface area contributed by atoms with Gasteiger partial charge in [-0.05, 0) is 28.1 Å². The van der Waals surface area contributed by atoms with Gasteiger partial charge in [-0.2, -0.15) is 0 Å². The van der Waals surface area contributed by atoms with Crippen molar-refractivity contribution in [1.82, 2.24) is 9.80 Å². The van der Waals surface area contributed by atoms with E-state index < -0.39 is 0 Å². The lowest BCUT2D eigenvalue weighted by Crippen LogP contribution is -2.35. The first-order chi connectivity index (χ1) is 7.00. The Kier molecular flexibility index (Phi) is 7.05. The van der Waals surface area contributed by atoms with E-state index in [9.17, 15) is 0 Å². The fraction of sp³-hybridized carbons (Fsp3) is 0.500. The molecule has 0 bridgehead atoms. The van der Waals surface area contributed by atoms with Crippen molar-refractivity contribution in [1.29, 1.82) is 0 Å². The van der Waals surface area contributed by atoms with E-state index in [1.54, 1.807) is 0 Å². The molecular formula is C10H17BrIN3O. The van der Waals surface area contributed by atoms with Gasteiger partial charge in [-0.3, -0.25) is 0 Å². The molecule has 0 atom stereocenters. The maximum Gasteiger partial charge on any atom is 0.195 e. The van der Waals surface area contributed by atoms with Crippen LogP contribution in [0.5, 0.6) is 0 Å². The zero-order valence-corrected chi connectivity index (χ0v) is 13.8. The number of hydrogen-bond donors (Lipinski definition) is 0. The minimum absolute atomic E-state index is 0. The van der Waals surface area contributed by atoms with Crippen LogP contribution in [0, 0.1) is 0 Å². The Morgan fingerprint density at radius 3 is 2.19 bits per heavy atom. The Labute approximate surface area is 122 Å². The first-order valence-electron chi connectivity index (χ1n) is 4.64. The number of hydrogen-bond acceptors (Lipinski definition) is 2. The van der Waals surface area contributed by atoms with Crippen LogP contribution in [0.4, 0.5) is 0 Å². The maximum absolute atomic E-state index is 5.37. The van der Waals surface area contributed by atoms with Gasteiger partial charge in [0.2, 0.25) is 0 Å². The second-order valence-corrected chi connectivity index (χ2v) is 4.39. The van der Waals surface area contributed by atoms with Crippen molar-refractivity contribution in [3.63, 3.8) is 0 Å². The summed E-state index contributed by atoms with van der Waals surface area (Å²) >= 11 is 3.26. The van der Waals surface area contributed by atoms with Gasteiger partial charge in [-0.25, -0.2) is 4.99 Å². The van der Waals surface area contributed by atoms with Gasteiger partial charge in [0.1, 0.15) is 12.3 Å². The normalized spacial score (nSPS) is 9.31. The largest absolute Gasteiger partial charge is 0.452 e. The van der Waals surface area contributed by atoms with Gasteiger partial charge >= 0.3 is 0 Å². The van der Waals surface area contributed by atoms with Crippen LogP contribution in [0.15, 0.2) is 26.2 Å². The summed E-state index contributed by atoms with van der Waals surface area (Å²) in [5, 5.41) is 0. The Balaban J connectivity index is 0.00000225. The highest BCUT2D eigenvalue weighted by molar-refractivity contribution is 14.0. The quantitative estimate of drug-likeness (QED) is 0.433. The molecule has 1 aromatic rings. The molecule has 4 nitrogen and oxygen atoms in total. The SMILES string of the molecule is CN(C)C(=NCc1ccc(Br)o1)N(C)C.I. The maximum atomic E-state index is 5.37. The van der Waals surface area contributed by atoms with E-state index in [0.29, 0.717) is 6.54 Å². The van der Waals surface area contributed by atoms with E-state index in [0.717, 1.165) is 16.4 Å². The van der Waals surface area contributed by atoms with Gasteiger partial charge in [0.15, 0.2) is 10.6 Å². The minimum Gasteiger partial charge on any atom is -0.452 e. The third-order valence-corrected chi connectivity index (χ3v) is 2.23. The zero-order chi connectivity index (χ0) is 11.4. The van der Waals surface area contributed by atoms with Crippen molar-refractivity contribution >= 4 is 45.9 Å². The van der Waals surface area contributed by atoms with Gasteiger partial charge in [-0.15, -0.1) is 24.0 Å². The predicted molar refractivity (Wildman–Crippen MR) is 80.3 cm³/mol. The number of aliphatic imine (C=N–C) groups is 1. The van der Waals surface area contributed by atoms with E-state index in [-0.39, 0.29) is 24.0 Å². The molecule has 6 heteroatoms. The lowest BCUT2D eigenvalue weighted by Gasteiger charge is -2.22. The molecule has 1 aromatic heterocycles. The second-order valence-electron chi connectivity index (χ2n) is 3.61. The van der Waals surface area contributed by atoms with Crippen LogP contribution in [0.3, 0.4) is 0 Å². The summed E-state index contributed by atoms with van der Waals surface area (Å²) in [6.07, 6.45) is 0. The monoisotopic (exact) mass is 401 g/mol. The minimum atomic E-state index is 0. The predicted octanol–water partition coefficient (Wildman–Crippen LogP) is 2.64.